The van der Waals surface area contributed by atoms with Crippen LogP contribution in [-0.2, 0) is 10.0 Å². The molecule has 2 saturated carbocycles. The van der Waals surface area contributed by atoms with Gasteiger partial charge in [-0.05, 0) is 50.9 Å². The molecule has 29 heavy (non-hydrogen) atoms. The summed E-state index contributed by atoms with van der Waals surface area (Å²) in [4.78, 5) is 0. The largest absolute Gasteiger partial charge is 0.391 e. The van der Waals surface area contributed by atoms with E-state index in [0.717, 1.165) is 6.26 Å². The quantitative estimate of drug-likeness (QED) is 0.645. The Morgan fingerprint density at radius 1 is 0.931 bits per heavy atom. The second-order valence-corrected chi connectivity index (χ2v) is 10.4. The molecule has 0 radical (unpaired) electrons. The number of hydrazine groups is 1. The van der Waals surface area contributed by atoms with Gasteiger partial charge in [0.2, 0.25) is 10.0 Å². The van der Waals surface area contributed by atoms with Gasteiger partial charge in [-0.3, -0.25) is 0 Å². The van der Waals surface area contributed by atoms with Crippen LogP contribution in [0.2, 0.25) is 0 Å². The van der Waals surface area contributed by atoms with E-state index >= 15 is 0 Å². The van der Waals surface area contributed by atoms with Gasteiger partial charge in [0, 0.05) is 24.7 Å². The molecule has 4 atom stereocenters. The zero-order valence-electron chi connectivity index (χ0n) is 16.1. The average Bonchev–Trinajstić information content (AvgIpc) is 2.96. The Labute approximate surface area is 166 Å². The first-order chi connectivity index (χ1) is 13.3. The van der Waals surface area contributed by atoms with Gasteiger partial charge in [0.25, 0.3) is 0 Å². The number of hydrogen-bond acceptors (Lipinski definition) is 4. The number of hydrogen-bond donors (Lipinski definition) is 2. The predicted molar refractivity (Wildman–Crippen MR) is 94.1 cm³/mol. The molecule has 4 unspecified atom stereocenters. The van der Waals surface area contributed by atoms with Crippen LogP contribution in [-0.4, -0.2) is 56.7 Å². The predicted octanol–water partition coefficient (Wildman–Crippen LogP) is 3.19. The van der Waals surface area contributed by atoms with Crippen molar-refractivity contribution in [1.82, 2.24) is 15.2 Å². The number of halogens is 6. The minimum atomic E-state index is -4.31. The molecule has 12 heteroatoms. The van der Waals surface area contributed by atoms with Gasteiger partial charge in [-0.15, -0.1) is 0 Å². The number of alkyl halides is 6. The van der Waals surface area contributed by atoms with Crippen molar-refractivity contribution < 1.29 is 34.8 Å². The van der Waals surface area contributed by atoms with Gasteiger partial charge in [-0.2, -0.15) is 26.3 Å². The fourth-order valence-electron chi connectivity index (χ4n) is 5.14. The molecule has 3 fully saturated rings. The molecule has 2 aliphatic carbocycles. The zero-order chi connectivity index (χ0) is 21.6. The maximum Gasteiger partial charge on any atom is 0.391 e. The molecular formula is C17H27F6N3O2S. The summed E-state index contributed by atoms with van der Waals surface area (Å²) in [7, 11) is -3.51. The number of nitrogens with zero attached hydrogens (tertiary/aromatic N) is 1. The van der Waals surface area contributed by atoms with Crippen LogP contribution in [0, 0.1) is 17.8 Å². The Hall–Kier alpha value is -0.590. The monoisotopic (exact) mass is 451 g/mol. The lowest BCUT2D eigenvalue weighted by Gasteiger charge is -2.41. The third-order valence-corrected chi connectivity index (χ3v) is 7.32. The highest BCUT2D eigenvalue weighted by atomic mass is 32.2. The van der Waals surface area contributed by atoms with E-state index < -0.39 is 46.2 Å². The van der Waals surface area contributed by atoms with Gasteiger partial charge >= 0.3 is 12.4 Å². The molecule has 5 nitrogen and oxygen atoms in total. The SMILES string of the molecule is CS(=O)(=O)NCC1NN(C2CCC(C(F)(F)F)CC2)C2CCC(C(F)(F)F)CC12. The van der Waals surface area contributed by atoms with Crippen LogP contribution in [0.25, 0.3) is 0 Å². The molecule has 1 heterocycles. The molecular weight excluding hydrogens is 424 g/mol. The highest BCUT2D eigenvalue weighted by Crippen LogP contribution is 2.47. The second kappa shape index (κ2) is 8.16. The summed E-state index contributed by atoms with van der Waals surface area (Å²) >= 11 is 0. The lowest BCUT2D eigenvalue weighted by atomic mass is 9.74. The number of rotatable bonds is 4. The van der Waals surface area contributed by atoms with E-state index in [9.17, 15) is 34.8 Å². The van der Waals surface area contributed by atoms with E-state index in [1.165, 1.54) is 0 Å². The minimum absolute atomic E-state index is 0.00116. The van der Waals surface area contributed by atoms with Crippen LogP contribution in [0.4, 0.5) is 26.3 Å². The van der Waals surface area contributed by atoms with Gasteiger partial charge < -0.3 is 0 Å². The van der Waals surface area contributed by atoms with Crippen molar-refractivity contribution in [2.45, 2.75) is 75.4 Å². The molecule has 3 aliphatic rings. The second-order valence-electron chi connectivity index (χ2n) is 8.59. The molecule has 0 bridgehead atoms. The standard InChI is InChI=1S/C17H27F6N3O2S/c1-29(27,28)24-9-14-13-8-11(17(21,22)23)4-7-15(13)26(25-14)12-5-2-10(3-6-12)16(18,19)20/h10-15,24-25H,2-9H2,1H3. The molecule has 0 aromatic heterocycles. The smallest absolute Gasteiger partial charge is 0.250 e. The van der Waals surface area contributed by atoms with Gasteiger partial charge in [0.1, 0.15) is 0 Å². The Bertz CT molecular complexity index is 676. The van der Waals surface area contributed by atoms with Gasteiger partial charge in [-0.1, -0.05) is 0 Å². The van der Waals surface area contributed by atoms with Crippen LogP contribution in [0.15, 0.2) is 0 Å². The Morgan fingerprint density at radius 2 is 1.48 bits per heavy atom. The summed E-state index contributed by atoms with van der Waals surface area (Å²) in [5.41, 5.74) is 3.16. The Morgan fingerprint density at radius 3 is 2.00 bits per heavy atom. The highest BCUT2D eigenvalue weighted by molar-refractivity contribution is 7.88. The topological polar surface area (TPSA) is 61.4 Å². The van der Waals surface area contributed by atoms with Gasteiger partial charge in [0.05, 0.1) is 18.1 Å². The van der Waals surface area contributed by atoms with Crippen molar-refractivity contribution in [1.29, 1.82) is 0 Å². The van der Waals surface area contributed by atoms with Crippen LogP contribution >= 0.6 is 0 Å². The van der Waals surface area contributed by atoms with E-state index in [1.807, 2.05) is 5.01 Å². The molecule has 170 valence electrons. The van der Waals surface area contributed by atoms with E-state index in [-0.39, 0.29) is 50.7 Å². The van der Waals surface area contributed by atoms with E-state index in [4.69, 9.17) is 0 Å². The average molecular weight is 451 g/mol. The van der Waals surface area contributed by atoms with Crippen molar-refractivity contribution in [3.8, 4) is 0 Å². The Balaban J connectivity index is 1.71. The van der Waals surface area contributed by atoms with E-state index in [1.54, 1.807) is 0 Å². The molecule has 1 saturated heterocycles. The summed E-state index contributed by atoms with van der Waals surface area (Å²) in [6, 6.07) is -0.931. The molecule has 1 aliphatic heterocycles. The fourth-order valence-corrected chi connectivity index (χ4v) is 5.63. The van der Waals surface area contributed by atoms with Crippen molar-refractivity contribution in [2.75, 3.05) is 12.8 Å². The van der Waals surface area contributed by atoms with Crippen molar-refractivity contribution in [2.24, 2.45) is 17.8 Å². The fraction of sp³-hybridized carbons (Fsp3) is 1.00. The van der Waals surface area contributed by atoms with Crippen LogP contribution < -0.4 is 10.1 Å². The molecule has 0 amide bonds. The number of fused-ring (bicyclic) bond motifs is 1. The maximum absolute atomic E-state index is 13.3. The lowest BCUT2D eigenvalue weighted by molar-refractivity contribution is -0.189. The van der Waals surface area contributed by atoms with Crippen molar-refractivity contribution in [3.63, 3.8) is 0 Å². The Kier molecular flexibility index (Phi) is 6.49. The van der Waals surface area contributed by atoms with Gasteiger partial charge in [-0.25, -0.2) is 23.6 Å². The summed E-state index contributed by atoms with van der Waals surface area (Å²) in [5.74, 6) is -3.18. The normalized spacial score (nSPS) is 37.5. The number of nitrogens with one attached hydrogen (secondary N) is 2. The van der Waals surface area contributed by atoms with E-state index in [2.05, 4.69) is 10.1 Å². The first-order valence-electron chi connectivity index (χ1n) is 9.88. The van der Waals surface area contributed by atoms with Crippen molar-refractivity contribution in [3.05, 3.63) is 0 Å². The summed E-state index contributed by atoms with van der Waals surface area (Å²) in [6.07, 6.45) is -6.76. The zero-order valence-corrected chi connectivity index (χ0v) is 16.9. The van der Waals surface area contributed by atoms with E-state index in [0.29, 0.717) is 12.8 Å². The molecule has 0 spiro atoms. The van der Waals surface area contributed by atoms with Crippen molar-refractivity contribution >= 4 is 10.0 Å². The third kappa shape index (κ3) is 5.56. The van der Waals surface area contributed by atoms with Crippen LogP contribution in [0.3, 0.4) is 0 Å². The first kappa shape index (κ1) is 23.1. The highest BCUT2D eigenvalue weighted by Gasteiger charge is 2.53. The molecule has 2 N–H and O–H groups in total. The third-order valence-electron chi connectivity index (χ3n) is 6.63. The summed E-state index contributed by atoms with van der Waals surface area (Å²) < 4.78 is 104. The number of sulfonamides is 1. The summed E-state index contributed by atoms with van der Waals surface area (Å²) in [6.45, 7) is -0.0427. The van der Waals surface area contributed by atoms with Crippen LogP contribution in [0.5, 0.6) is 0 Å². The molecule has 3 rings (SSSR count). The van der Waals surface area contributed by atoms with Crippen LogP contribution in [0.1, 0.15) is 44.9 Å². The minimum Gasteiger partial charge on any atom is -0.250 e. The molecule has 0 aromatic rings. The van der Waals surface area contributed by atoms with Gasteiger partial charge in [0.15, 0.2) is 0 Å². The first-order valence-corrected chi connectivity index (χ1v) is 11.8. The lowest BCUT2D eigenvalue weighted by Crippen LogP contribution is -2.50. The maximum atomic E-state index is 13.3. The summed E-state index contributed by atoms with van der Waals surface area (Å²) in [5, 5.41) is 1.85. The molecule has 0 aromatic carbocycles.